The molecule has 0 aliphatic heterocycles. The van der Waals surface area contributed by atoms with E-state index in [4.69, 9.17) is 9.47 Å². The standard InChI is InChI=1S/C26H47O2Si/c1-4-5-6-7-8-9-10-14-21-27-22-15-17-24-29(2,3)25-18-16-23-28-26-19-12-11-13-20-26/h12-13,19-20H,4-10,14-18,21-25H2,1-3H3. The lowest BCUT2D eigenvalue weighted by Crippen LogP contribution is -2.24. The van der Waals surface area contributed by atoms with E-state index in [9.17, 15) is 0 Å². The fraction of sp³-hybridized carbons (Fsp3) is 0.769. The molecule has 0 saturated heterocycles. The molecule has 0 atom stereocenters. The Morgan fingerprint density at radius 2 is 1.21 bits per heavy atom. The molecule has 0 aliphatic carbocycles. The van der Waals surface area contributed by atoms with Crippen molar-refractivity contribution in [2.45, 2.75) is 109 Å². The van der Waals surface area contributed by atoms with Crippen LogP contribution in [0.1, 0.15) is 84.0 Å². The lowest BCUT2D eigenvalue weighted by molar-refractivity contribution is 0.127. The van der Waals surface area contributed by atoms with Crippen molar-refractivity contribution in [1.29, 1.82) is 0 Å². The van der Waals surface area contributed by atoms with E-state index in [1.54, 1.807) is 0 Å². The van der Waals surface area contributed by atoms with Crippen LogP contribution in [0.3, 0.4) is 0 Å². The molecule has 2 nitrogen and oxygen atoms in total. The molecule has 1 rings (SSSR count). The van der Waals surface area contributed by atoms with Crippen molar-refractivity contribution in [3.05, 3.63) is 30.3 Å². The number of benzene rings is 1. The summed E-state index contributed by atoms with van der Waals surface area (Å²) in [7, 11) is -1.05. The highest BCUT2D eigenvalue weighted by atomic mass is 28.3. The molecule has 0 fully saturated rings. The Kier molecular flexibility index (Phi) is 16.3. The molecule has 0 spiro atoms. The Morgan fingerprint density at radius 3 is 1.83 bits per heavy atom. The van der Waals surface area contributed by atoms with Crippen LogP contribution in [0.2, 0.25) is 25.2 Å². The molecule has 1 aromatic carbocycles. The quantitative estimate of drug-likeness (QED) is 0.156. The van der Waals surface area contributed by atoms with Crippen molar-refractivity contribution >= 4 is 8.07 Å². The molecule has 29 heavy (non-hydrogen) atoms. The van der Waals surface area contributed by atoms with Crippen LogP contribution in [0, 0.1) is 6.07 Å². The number of hydrogen-bond donors (Lipinski definition) is 0. The topological polar surface area (TPSA) is 18.5 Å². The second-order valence-electron chi connectivity index (χ2n) is 9.25. The second kappa shape index (κ2) is 18.0. The second-order valence-corrected chi connectivity index (χ2v) is 14.6. The summed E-state index contributed by atoms with van der Waals surface area (Å²) in [5.41, 5.74) is 0. The number of ether oxygens (including phenoxy) is 2. The molecule has 0 amide bonds. The molecular formula is C26H47O2Si. The third kappa shape index (κ3) is 16.7. The molecule has 1 aromatic rings. The van der Waals surface area contributed by atoms with Gasteiger partial charge in [0.2, 0.25) is 0 Å². The first-order valence-corrected chi connectivity index (χ1v) is 15.7. The molecule has 0 aromatic heterocycles. The van der Waals surface area contributed by atoms with Crippen LogP contribution in [0.5, 0.6) is 5.75 Å². The lowest BCUT2D eigenvalue weighted by atomic mass is 10.1. The monoisotopic (exact) mass is 419 g/mol. The minimum absolute atomic E-state index is 0.834. The summed E-state index contributed by atoms with van der Waals surface area (Å²) in [6.07, 6.45) is 16.0. The smallest absolute Gasteiger partial charge is 0.119 e. The van der Waals surface area contributed by atoms with Gasteiger partial charge in [-0.3, -0.25) is 0 Å². The summed E-state index contributed by atoms with van der Waals surface area (Å²) >= 11 is 0. The summed E-state index contributed by atoms with van der Waals surface area (Å²) in [6, 6.07) is 13.6. The predicted molar refractivity (Wildman–Crippen MR) is 130 cm³/mol. The van der Waals surface area contributed by atoms with E-state index < -0.39 is 8.07 Å². The number of unbranched alkanes of at least 4 members (excludes halogenated alkanes) is 9. The van der Waals surface area contributed by atoms with Gasteiger partial charge in [-0.05, 0) is 37.5 Å². The normalized spacial score (nSPS) is 11.7. The van der Waals surface area contributed by atoms with E-state index >= 15 is 0 Å². The molecule has 0 aliphatic rings. The zero-order valence-electron chi connectivity index (χ0n) is 19.6. The molecule has 167 valence electrons. The lowest BCUT2D eigenvalue weighted by Gasteiger charge is -2.22. The number of rotatable bonds is 20. The van der Waals surface area contributed by atoms with Crippen molar-refractivity contribution in [3.63, 3.8) is 0 Å². The summed E-state index contributed by atoms with van der Waals surface area (Å²) in [4.78, 5) is 0. The predicted octanol–water partition coefficient (Wildman–Crippen LogP) is 8.29. The molecule has 0 heterocycles. The maximum atomic E-state index is 5.85. The third-order valence-electron chi connectivity index (χ3n) is 5.74. The van der Waals surface area contributed by atoms with Crippen LogP contribution < -0.4 is 4.74 Å². The Balaban J connectivity index is 1.85. The van der Waals surface area contributed by atoms with Gasteiger partial charge in [0.05, 0.1) is 6.61 Å². The van der Waals surface area contributed by atoms with Gasteiger partial charge in [0.25, 0.3) is 0 Å². The molecule has 3 heteroatoms. The van der Waals surface area contributed by atoms with Gasteiger partial charge in [-0.2, -0.15) is 0 Å². The van der Waals surface area contributed by atoms with E-state index in [0.717, 1.165) is 32.0 Å². The Hall–Kier alpha value is -0.803. The van der Waals surface area contributed by atoms with Crippen molar-refractivity contribution in [2.75, 3.05) is 19.8 Å². The number of hydrogen-bond acceptors (Lipinski definition) is 2. The highest BCUT2D eigenvalue weighted by Gasteiger charge is 2.19. The average molecular weight is 420 g/mol. The van der Waals surface area contributed by atoms with Gasteiger partial charge in [-0.25, -0.2) is 0 Å². The first-order chi connectivity index (χ1) is 14.1. The van der Waals surface area contributed by atoms with Crippen molar-refractivity contribution in [1.82, 2.24) is 0 Å². The fourth-order valence-corrected chi connectivity index (χ4v) is 6.40. The van der Waals surface area contributed by atoms with Gasteiger partial charge in [0.15, 0.2) is 0 Å². The average Bonchev–Trinajstić information content (AvgIpc) is 2.72. The van der Waals surface area contributed by atoms with Crippen LogP contribution in [-0.2, 0) is 4.74 Å². The molecule has 1 radical (unpaired) electrons. The highest BCUT2D eigenvalue weighted by Crippen LogP contribution is 2.21. The summed E-state index contributed by atoms with van der Waals surface area (Å²) in [5, 5.41) is 0. The van der Waals surface area contributed by atoms with Gasteiger partial charge in [-0.15, -0.1) is 0 Å². The van der Waals surface area contributed by atoms with Crippen molar-refractivity contribution in [3.8, 4) is 5.75 Å². The van der Waals surface area contributed by atoms with E-state index in [1.807, 2.05) is 24.3 Å². The van der Waals surface area contributed by atoms with Crippen LogP contribution >= 0.6 is 0 Å². The third-order valence-corrected chi connectivity index (χ3v) is 9.15. The van der Waals surface area contributed by atoms with Crippen molar-refractivity contribution < 1.29 is 9.47 Å². The molecule has 0 N–H and O–H groups in total. The SMILES string of the molecule is CCCCCCCCCCOCCCC[Si](C)(C)CCCCOc1cc[c]cc1. The minimum Gasteiger partial charge on any atom is -0.494 e. The van der Waals surface area contributed by atoms with E-state index in [0.29, 0.717) is 0 Å². The largest absolute Gasteiger partial charge is 0.494 e. The summed E-state index contributed by atoms with van der Waals surface area (Å²) in [6.45, 7) is 10.1. The summed E-state index contributed by atoms with van der Waals surface area (Å²) < 4.78 is 11.6. The Labute approximate surface area is 182 Å². The Morgan fingerprint density at radius 1 is 0.690 bits per heavy atom. The molecule has 0 bridgehead atoms. The first kappa shape index (κ1) is 26.2. The van der Waals surface area contributed by atoms with Crippen LogP contribution in [0.25, 0.3) is 0 Å². The first-order valence-electron chi connectivity index (χ1n) is 12.3. The van der Waals surface area contributed by atoms with E-state index in [2.05, 4.69) is 26.1 Å². The highest BCUT2D eigenvalue weighted by molar-refractivity contribution is 6.77. The van der Waals surface area contributed by atoms with Gasteiger partial charge >= 0.3 is 0 Å². The van der Waals surface area contributed by atoms with Gasteiger partial charge < -0.3 is 9.47 Å². The van der Waals surface area contributed by atoms with Gasteiger partial charge in [0, 0.05) is 21.3 Å². The molecular weight excluding hydrogens is 372 g/mol. The zero-order chi connectivity index (χ0) is 21.0. The zero-order valence-corrected chi connectivity index (χ0v) is 20.6. The Bertz CT molecular complexity index is 461. The minimum atomic E-state index is -1.05. The fourth-order valence-electron chi connectivity index (χ4n) is 3.74. The van der Waals surface area contributed by atoms with Crippen molar-refractivity contribution in [2.24, 2.45) is 0 Å². The van der Waals surface area contributed by atoms with Gasteiger partial charge in [0.1, 0.15) is 5.75 Å². The van der Waals surface area contributed by atoms with Crippen LogP contribution in [0.15, 0.2) is 24.3 Å². The van der Waals surface area contributed by atoms with Crippen LogP contribution in [-0.4, -0.2) is 27.9 Å². The van der Waals surface area contributed by atoms with Crippen LogP contribution in [0.4, 0.5) is 0 Å². The maximum Gasteiger partial charge on any atom is 0.119 e. The van der Waals surface area contributed by atoms with E-state index in [-0.39, 0.29) is 0 Å². The molecule has 0 saturated carbocycles. The van der Waals surface area contributed by atoms with E-state index in [1.165, 1.54) is 82.7 Å². The molecule has 0 unspecified atom stereocenters. The van der Waals surface area contributed by atoms with Gasteiger partial charge in [-0.1, -0.05) is 102 Å². The maximum absolute atomic E-state index is 5.85. The summed E-state index contributed by atoms with van der Waals surface area (Å²) in [5.74, 6) is 0.965.